The van der Waals surface area contributed by atoms with Gasteiger partial charge in [0.1, 0.15) is 0 Å². The summed E-state index contributed by atoms with van der Waals surface area (Å²) in [6.45, 7) is 0.615. The minimum Gasteiger partial charge on any atom is -0.312 e. The third-order valence-electron chi connectivity index (χ3n) is 3.95. The lowest BCUT2D eigenvalue weighted by Crippen LogP contribution is -2.23. The van der Waals surface area contributed by atoms with Gasteiger partial charge in [0, 0.05) is 18.7 Å². The number of hydrogen-bond acceptors (Lipinski definition) is 5. The zero-order chi connectivity index (χ0) is 18.9. The summed E-state index contributed by atoms with van der Waals surface area (Å²) in [7, 11) is -7.86. The third kappa shape index (κ3) is 3.87. The second kappa shape index (κ2) is 6.71. The minimum atomic E-state index is -3.94. The lowest BCUT2D eigenvalue weighted by atomic mass is 10.3. The molecule has 8 nitrogen and oxygen atoms in total. The molecule has 0 saturated carbocycles. The molecule has 0 bridgehead atoms. The van der Waals surface area contributed by atoms with Gasteiger partial charge in [-0.15, -0.1) is 0 Å². The fourth-order valence-corrected chi connectivity index (χ4v) is 4.29. The number of primary sulfonamides is 1. The topological polar surface area (TPSA) is 127 Å². The fourth-order valence-electron chi connectivity index (χ4n) is 2.68. The number of anilines is 2. The molecule has 3 N–H and O–H groups in total. The van der Waals surface area contributed by atoms with Crippen molar-refractivity contribution in [3.8, 4) is 0 Å². The van der Waals surface area contributed by atoms with Gasteiger partial charge in [-0.1, -0.05) is 6.07 Å². The number of benzene rings is 2. The number of carbonyl (C=O) groups excluding carboxylic acids is 1. The van der Waals surface area contributed by atoms with E-state index in [4.69, 9.17) is 5.14 Å². The summed E-state index contributed by atoms with van der Waals surface area (Å²) in [4.78, 5) is 13.2. The van der Waals surface area contributed by atoms with Crippen LogP contribution in [0.3, 0.4) is 0 Å². The summed E-state index contributed by atoms with van der Waals surface area (Å²) >= 11 is 0. The molecular formula is C16H17N3O5S2. The van der Waals surface area contributed by atoms with E-state index in [0.29, 0.717) is 18.7 Å². The lowest BCUT2D eigenvalue weighted by Gasteiger charge is -2.16. The highest BCUT2D eigenvalue weighted by Crippen LogP contribution is 2.24. The van der Waals surface area contributed by atoms with Crippen molar-refractivity contribution in [2.24, 2.45) is 5.14 Å². The standard InChI is InChI=1S/C16H17N3O5S2/c17-25(21,22)15-4-1-3-12(11-15)18-26(23,24)14-8-6-13(7-9-14)19-10-2-5-16(19)20/h1,3-4,6-9,11,18H,2,5,10H2,(H2,17,21,22). The molecule has 10 heteroatoms. The van der Waals surface area contributed by atoms with E-state index in [0.717, 1.165) is 12.5 Å². The Labute approximate surface area is 151 Å². The number of nitrogens with one attached hydrogen (secondary N) is 1. The largest absolute Gasteiger partial charge is 0.312 e. The molecule has 1 aliphatic heterocycles. The monoisotopic (exact) mass is 395 g/mol. The van der Waals surface area contributed by atoms with Crippen LogP contribution >= 0.6 is 0 Å². The Hall–Kier alpha value is -2.43. The Morgan fingerprint density at radius 1 is 0.962 bits per heavy atom. The van der Waals surface area contributed by atoms with Crippen molar-refractivity contribution < 1.29 is 21.6 Å². The molecule has 0 aromatic heterocycles. The maximum atomic E-state index is 12.5. The number of amides is 1. The van der Waals surface area contributed by atoms with Gasteiger partial charge in [0.25, 0.3) is 10.0 Å². The molecule has 0 spiro atoms. The Morgan fingerprint density at radius 3 is 2.23 bits per heavy atom. The van der Waals surface area contributed by atoms with E-state index in [1.54, 1.807) is 17.0 Å². The van der Waals surface area contributed by atoms with Gasteiger partial charge in [-0.25, -0.2) is 22.0 Å². The van der Waals surface area contributed by atoms with Gasteiger partial charge in [0.15, 0.2) is 0 Å². The first-order valence-electron chi connectivity index (χ1n) is 7.73. The molecule has 1 fully saturated rings. The molecule has 2 aromatic rings. The number of nitrogens with two attached hydrogens (primary N) is 1. The van der Waals surface area contributed by atoms with E-state index in [9.17, 15) is 21.6 Å². The first-order valence-corrected chi connectivity index (χ1v) is 10.8. The average Bonchev–Trinajstić information content (AvgIpc) is 3.00. The number of hydrogen-bond donors (Lipinski definition) is 2. The van der Waals surface area contributed by atoms with Gasteiger partial charge in [0.05, 0.1) is 15.5 Å². The third-order valence-corrected chi connectivity index (χ3v) is 6.26. The minimum absolute atomic E-state index is 0.00564. The van der Waals surface area contributed by atoms with E-state index in [1.807, 2.05) is 0 Å². The molecule has 1 amide bonds. The summed E-state index contributed by atoms with van der Waals surface area (Å²) in [5.41, 5.74) is 0.720. The maximum absolute atomic E-state index is 12.5. The van der Waals surface area contributed by atoms with Crippen LogP contribution in [0.25, 0.3) is 0 Å². The number of carbonyl (C=O) groups is 1. The van der Waals surface area contributed by atoms with Crippen LogP contribution in [-0.4, -0.2) is 29.3 Å². The molecular weight excluding hydrogens is 378 g/mol. The van der Waals surface area contributed by atoms with E-state index in [2.05, 4.69) is 4.72 Å². The Balaban J connectivity index is 1.83. The molecule has 1 saturated heterocycles. The Kier molecular flexibility index (Phi) is 4.74. The second-order valence-electron chi connectivity index (χ2n) is 5.82. The van der Waals surface area contributed by atoms with Crippen molar-refractivity contribution in [3.63, 3.8) is 0 Å². The van der Waals surface area contributed by atoms with Crippen LogP contribution in [0.2, 0.25) is 0 Å². The van der Waals surface area contributed by atoms with Crippen LogP contribution < -0.4 is 14.8 Å². The predicted octanol–water partition coefficient (Wildman–Crippen LogP) is 1.26. The maximum Gasteiger partial charge on any atom is 0.261 e. The summed E-state index contributed by atoms with van der Waals surface area (Å²) in [5, 5.41) is 5.05. The summed E-state index contributed by atoms with van der Waals surface area (Å²) in [6.07, 6.45) is 1.27. The highest BCUT2D eigenvalue weighted by Gasteiger charge is 2.22. The van der Waals surface area contributed by atoms with Crippen LogP contribution in [0, 0.1) is 0 Å². The molecule has 3 rings (SSSR count). The van der Waals surface area contributed by atoms with Gasteiger partial charge >= 0.3 is 0 Å². The SMILES string of the molecule is NS(=O)(=O)c1cccc(NS(=O)(=O)c2ccc(N3CCCC3=O)cc2)c1. The molecule has 1 aliphatic rings. The van der Waals surface area contributed by atoms with E-state index >= 15 is 0 Å². The molecule has 138 valence electrons. The Bertz CT molecular complexity index is 1050. The fraction of sp³-hybridized carbons (Fsp3) is 0.188. The van der Waals surface area contributed by atoms with Gasteiger partial charge in [-0.05, 0) is 48.9 Å². The average molecular weight is 395 g/mol. The van der Waals surface area contributed by atoms with E-state index in [1.165, 1.54) is 30.3 Å². The molecule has 26 heavy (non-hydrogen) atoms. The Morgan fingerprint density at radius 2 is 1.65 bits per heavy atom. The van der Waals surface area contributed by atoms with Crippen molar-refractivity contribution in [3.05, 3.63) is 48.5 Å². The predicted molar refractivity (Wildman–Crippen MR) is 96.7 cm³/mol. The van der Waals surface area contributed by atoms with Crippen LogP contribution in [-0.2, 0) is 24.8 Å². The normalized spacial score (nSPS) is 15.3. The van der Waals surface area contributed by atoms with Crippen LogP contribution in [0.15, 0.2) is 58.3 Å². The molecule has 0 aliphatic carbocycles. The van der Waals surface area contributed by atoms with Crippen molar-refractivity contribution in [1.82, 2.24) is 0 Å². The van der Waals surface area contributed by atoms with E-state index < -0.39 is 20.0 Å². The second-order valence-corrected chi connectivity index (χ2v) is 9.06. The quantitative estimate of drug-likeness (QED) is 0.788. The first kappa shape index (κ1) is 18.4. The summed E-state index contributed by atoms with van der Waals surface area (Å²) in [5.74, 6) is 0.0125. The van der Waals surface area contributed by atoms with Crippen LogP contribution in [0.4, 0.5) is 11.4 Å². The summed E-state index contributed by atoms with van der Waals surface area (Å²) in [6, 6.07) is 11.2. The molecule has 1 heterocycles. The van der Waals surface area contributed by atoms with Crippen molar-refractivity contribution in [2.45, 2.75) is 22.6 Å². The first-order chi connectivity index (χ1) is 12.2. The molecule has 0 radical (unpaired) electrons. The highest BCUT2D eigenvalue weighted by atomic mass is 32.2. The molecule has 0 atom stereocenters. The van der Waals surface area contributed by atoms with Crippen molar-refractivity contribution in [1.29, 1.82) is 0 Å². The van der Waals surface area contributed by atoms with Gasteiger partial charge in [-0.2, -0.15) is 0 Å². The zero-order valence-corrected chi connectivity index (χ0v) is 15.3. The zero-order valence-electron chi connectivity index (χ0n) is 13.6. The van der Waals surface area contributed by atoms with Crippen molar-refractivity contribution >= 4 is 37.3 Å². The highest BCUT2D eigenvalue weighted by molar-refractivity contribution is 7.92. The number of sulfonamides is 2. The number of rotatable bonds is 5. The summed E-state index contributed by atoms with van der Waals surface area (Å²) < 4.78 is 50.0. The van der Waals surface area contributed by atoms with Crippen LogP contribution in [0.1, 0.15) is 12.8 Å². The van der Waals surface area contributed by atoms with Gasteiger partial charge in [0.2, 0.25) is 15.9 Å². The molecule has 0 unspecified atom stereocenters. The van der Waals surface area contributed by atoms with Gasteiger partial charge < -0.3 is 4.90 Å². The smallest absolute Gasteiger partial charge is 0.261 e. The van der Waals surface area contributed by atoms with Crippen LogP contribution in [0.5, 0.6) is 0 Å². The van der Waals surface area contributed by atoms with E-state index in [-0.39, 0.29) is 21.4 Å². The van der Waals surface area contributed by atoms with Crippen molar-refractivity contribution in [2.75, 3.05) is 16.2 Å². The molecule has 2 aromatic carbocycles. The number of nitrogens with zero attached hydrogens (tertiary/aromatic N) is 1. The van der Waals surface area contributed by atoms with Gasteiger partial charge in [-0.3, -0.25) is 9.52 Å². The lowest BCUT2D eigenvalue weighted by molar-refractivity contribution is -0.117.